The molecule has 1 atom stereocenters. The number of likely N-dealkylation sites (tertiary alicyclic amines) is 1. The highest BCUT2D eigenvalue weighted by Gasteiger charge is 2.29. The smallest absolute Gasteiger partial charge is 0.257 e. The van der Waals surface area contributed by atoms with Gasteiger partial charge in [-0.05, 0) is 24.6 Å². The molecule has 102 valence electrons. The Hall–Kier alpha value is -1.36. The van der Waals surface area contributed by atoms with Crippen LogP contribution in [0.15, 0.2) is 22.7 Å². The van der Waals surface area contributed by atoms with Crippen molar-refractivity contribution in [1.82, 2.24) is 4.90 Å². The van der Waals surface area contributed by atoms with E-state index in [1.165, 1.54) is 6.07 Å². The number of halogens is 1. The van der Waals surface area contributed by atoms with Crippen molar-refractivity contribution in [3.63, 3.8) is 0 Å². The molecule has 1 aromatic rings. The van der Waals surface area contributed by atoms with Gasteiger partial charge in [0.2, 0.25) is 0 Å². The minimum atomic E-state index is -0.212. The first-order chi connectivity index (χ1) is 9.02. The van der Waals surface area contributed by atoms with E-state index in [9.17, 15) is 14.7 Å². The SMILES string of the molecule is CCC1CN(C(=O)c2ccc(Br)cc2O)CCC1=O. The lowest BCUT2D eigenvalue weighted by Gasteiger charge is -2.31. The highest BCUT2D eigenvalue weighted by molar-refractivity contribution is 9.10. The molecule has 1 unspecified atom stereocenters. The Labute approximate surface area is 120 Å². The second kappa shape index (κ2) is 5.74. The van der Waals surface area contributed by atoms with Crippen molar-refractivity contribution in [1.29, 1.82) is 0 Å². The third kappa shape index (κ3) is 2.97. The molecule has 0 radical (unpaired) electrons. The third-order valence-corrected chi connectivity index (χ3v) is 3.99. The van der Waals surface area contributed by atoms with E-state index in [1.807, 2.05) is 6.92 Å². The van der Waals surface area contributed by atoms with Gasteiger partial charge in [-0.15, -0.1) is 0 Å². The van der Waals surface area contributed by atoms with Crippen LogP contribution in [0.4, 0.5) is 0 Å². The van der Waals surface area contributed by atoms with Gasteiger partial charge in [0.1, 0.15) is 11.5 Å². The van der Waals surface area contributed by atoms with Crippen LogP contribution in [0.2, 0.25) is 0 Å². The Kier molecular flexibility index (Phi) is 4.24. The summed E-state index contributed by atoms with van der Waals surface area (Å²) in [4.78, 5) is 25.6. The molecule has 1 N–H and O–H groups in total. The summed E-state index contributed by atoms with van der Waals surface area (Å²) in [6.45, 7) is 2.83. The Balaban J connectivity index is 2.18. The summed E-state index contributed by atoms with van der Waals surface area (Å²) < 4.78 is 0.724. The number of nitrogens with zero attached hydrogens (tertiary/aromatic N) is 1. The molecule has 1 saturated heterocycles. The highest BCUT2D eigenvalue weighted by Crippen LogP contribution is 2.25. The lowest BCUT2D eigenvalue weighted by atomic mass is 9.93. The fraction of sp³-hybridized carbons (Fsp3) is 0.429. The first kappa shape index (κ1) is 14.1. The summed E-state index contributed by atoms with van der Waals surface area (Å²) in [6, 6.07) is 4.82. The number of phenols is 1. The molecule has 0 bridgehead atoms. The number of Topliss-reactive ketones (excluding diaryl/α,β-unsaturated/α-hetero) is 1. The molecule has 1 aromatic carbocycles. The molecular weight excluding hydrogens is 310 g/mol. The van der Waals surface area contributed by atoms with E-state index in [4.69, 9.17) is 0 Å². The van der Waals surface area contributed by atoms with Crippen LogP contribution < -0.4 is 0 Å². The number of piperidine rings is 1. The van der Waals surface area contributed by atoms with E-state index in [-0.39, 0.29) is 28.9 Å². The van der Waals surface area contributed by atoms with E-state index in [0.717, 1.165) is 10.9 Å². The van der Waals surface area contributed by atoms with Crippen molar-refractivity contribution in [3.8, 4) is 5.75 Å². The maximum absolute atomic E-state index is 12.3. The second-order valence-electron chi connectivity index (χ2n) is 4.73. The Morgan fingerprint density at radius 3 is 2.89 bits per heavy atom. The monoisotopic (exact) mass is 325 g/mol. The normalized spacial score (nSPS) is 19.6. The van der Waals surface area contributed by atoms with E-state index in [1.54, 1.807) is 17.0 Å². The lowest BCUT2D eigenvalue weighted by molar-refractivity contribution is -0.125. The van der Waals surface area contributed by atoms with Crippen LogP contribution in [0.3, 0.4) is 0 Å². The zero-order chi connectivity index (χ0) is 14.0. The molecule has 1 heterocycles. The number of carbonyl (C=O) groups is 2. The lowest BCUT2D eigenvalue weighted by Crippen LogP contribution is -2.43. The molecular formula is C14H16BrNO3. The number of hydrogen-bond acceptors (Lipinski definition) is 3. The predicted octanol–water partition coefficient (Wildman–Crippen LogP) is 2.60. The third-order valence-electron chi connectivity index (χ3n) is 3.49. The quantitative estimate of drug-likeness (QED) is 0.909. The van der Waals surface area contributed by atoms with Gasteiger partial charge in [-0.1, -0.05) is 22.9 Å². The standard InChI is InChI=1S/C14H16BrNO3/c1-2-9-8-16(6-5-12(9)17)14(19)11-4-3-10(15)7-13(11)18/h3-4,7,9,18H,2,5-6,8H2,1H3. The topological polar surface area (TPSA) is 57.6 Å². The first-order valence-corrected chi connectivity index (χ1v) is 7.12. The van der Waals surface area contributed by atoms with Crippen LogP contribution in [-0.2, 0) is 4.79 Å². The van der Waals surface area contributed by atoms with E-state index >= 15 is 0 Å². The number of phenolic OH excluding ortho intramolecular Hbond substituents is 1. The van der Waals surface area contributed by atoms with Gasteiger partial charge in [0.05, 0.1) is 5.56 Å². The fourth-order valence-electron chi connectivity index (χ4n) is 2.31. The molecule has 5 heteroatoms. The fourth-order valence-corrected chi connectivity index (χ4v) is 2.65. The minimum absolute atomic E-state index is 0.0377. The maximum Gasteiger partial charge on any atom is 0.257 e. The predicted molar refractivity (Wildman–Crippen MR) is 75.1 cm³/mol. The zero-order valence-corrected chi connectivity index (χ0v) is 12.3. The molecule has 4 nitrogen and oxygen atoms in total. The van der Waals surface area contributed by atoms with Crippen LogP contribution >= 0.6 is 15.9 Å². The van der Waals surface area contributed by atoms with Gasteiger partial charge in [0.15, 0.2) is 0 Å². The summed E-state index contributed by atoms with van der Waals surface area (Å²) in [6.07, 6.45) is 1.15. The van der Waals surface area contributed by atoms with Crippen molar-refractivity contribution in [2.75, 3.05) is 13.1 Å². The van der Waals surface area contributed by atoms with Crippen molar-refractivity contribution in [2.24, 2.45) is 5.92 Å². The Morgan fingerprint density at radius 2 is 2.26 bits per heavy atom. The highest BCUT2D eigenvalue weighted by atomic mass is 79.9. The molecule has 0 aliphatic carbocycles. The molecule has 0 aromatic heterocycles. The summed E-state index contributed by atoms with van der Waals surface area (Å²) in [5.74, 6) is -0.0952. The van der Waals surface area contributed by atoms with Gasteiger partial charge < -0.3 is 10.0 Å². The second-order valence-corrected chi connectivity index (χ2v) is 5.65. The summed E-state index contributed by atoms with van der Waals surface area (Å²) in [5, 5.41) is 9.82. The molecule has 1 aliphatic rings. The van der Waals surface area contributed by atoms with Crippen molar-refractivity contribution >= 4 is 27.6 Å². The van der Waals surface area contributed by atoms with Gasteiger partial charge in [0.25, 0.3) is 5.91 Å². The zero-order valence-electron chi connectivity index (χ0n) is 10.7. The molecule has 0 saturated carbocycles. The first-order valence-electron chi connectivity index (χ1n) is 6.33. The van der Waals surface area contributed by atoms with Gasteiger partial charge in [-0.2, -0.15) is 0 Å². The molecule has 0 spiro atoms. The average Bonchev–Trinajstić information content (AvgIpc) is 2.38. The van der Waals surface area contributed by atoms with E-state index in [2.05, 4.69) is 15.9 Å². The summed E-state index contributed by atoms with van der Waals surface area (Å²) in [5.41, 5.74) is 0.285. The number of ketones is 1. The number of carbonyl (C=O) groups excluding carboxylic acids is 2. The molecule has 1 fully saturated rings. The van der Waals surface area contributed by atoms with Crippen molar-refractivity contribution in [3.05, 3.63) is 28.2 Å². The van der Waals surface area contributed by atoms with Gasteiger partial charge in [-0.3, -0.25) is 9.59 Å². The Bertz CT molecular complexity index is 515. The molecule has 2 rings (SSSR count). The van der Waals surface area contributed by atoms with Gasteiger partial charge >= 0.3 is 0 Å². The van der Waals surface area contributed by atoms with Crippen LogP contribution in [0.5, 0.6) is 5.75 Å². The van der Waals surface area contributed by atoms with E-state index in [0.29, 0.717) is 19.5 Å². The molecule has 19 heavy (non-hydrogen) atoms. The summed E-state index contributed by atoms with van der Waals surface area (Å²) in [7, 11) is 0. The van der Waals surface area contributed by atoms with Crippen molar-refractivity contribution < 1.29 is 14.7 Å². The molecule has 1 amide bonds. The number of aromatic hydroxyl groups is 1. The number of benzene rings is 1. The maximum atomic E-state index is 12.3. The van der Waals surface area contributed by atoms with Crippen molar-refractivity contribution in [2.45, 2.75) is 19.8 Å². The van der Waals surface area contributed by atoms with Crippen LogP contribution in [-0.4, -0.2) is 34.8 Å². The molecule has 1 aliphatic heterocycles. The largest absolute Gasteiger partial charge is 0.507 e. The van der Waals surface area contributed by atoms with Gasteiger partial charge in [0, 0.05) is 29.9 Å². The van der Waals surface area contributed by atoms with Crippen LogP contribution in [0.25, 0.3) is 0 Å². The van der Waals surface area contributed by atoms with Crippen LogP contribution in [0, 0.1) is 5.92 Å². The summed E-state index contributed by atoms with van der Waals surface area (Å²) >= 11 is 3.24. The van der Waals surface area contributed by atoms with E-state index < -0.39 is 0 Å². The van der Waals surface area contributed by atoms with Gasteiger partial charge in [-0.25, -0.2) is 0 Å². The minimum Gasteiger partial charge on any atom is -0.507 e. The number of amides is 1. The number of hydrogen-bond donors (Lipinski definition) is 1. The number of rotatable bonds is 2. The Morgan fingerprint density at radius 1 is 1.53 bits per heavy atom. The average molecular weight is 326 g/mol. The van der Waals surface area contributed by atoms with Crippen LogP contribution in [0.1, 0.15) is 30.1 Å².